The second kappa shape index (κ2) is 12.4. The first-order valence-corrected chi connectivity index (χ1v) is 15.6. The van der Waals surface area contributed by atoms with Gasteiger partial charge in [0.15, 0.2) is 0 Å². The molecule has 2 aliphatic carbocycles. The molecule has 0 unspecified atom stereocenters. The van der Waals surface area contributed by atoms with E-state index in [0.717, 1.165) is 44.5 Å². The monoisotopic (exact) mass is 593 g/mol. The molecule has 0 heterocycles. The lowest BCUT2D eigenvalue weighted by atomic mass is 9.98. The Hall–Kier alpha value is -4.56. The fourth-order valence-electron chi connectivity index (χ4n) is 6.25. The second-order valence-electron chi connectivity index (χ2n) is 10.6. The van der Waals surface area contributed by atoms with Gasteiger partial charge in [0.2, 0.25) is 0 Å². The van der Waals surface area contributed by atoms with Crippen molar-refractivity contribution < 1.29 is 29.0 Å². The number of carbonyl (C=O) groups is 3. The van der Waals surface area contributed by atoms with E-state index in [2.05, 4.69) is 0 Å². The molecule has 1 N–H and O–H groups in total. The lowest BCUT2D eigenvalue weighted by molar-refractivity contribution is -0.142. The van der Waals surface area contributed by atoms with Crippen LogP contribution in [0.25, 0.3) is 22.3 Å². The zero-order valence-corrected chi connectivity index (χ0v) is 24.5. The highest BCUT2D eigenvalue weighted by Gasteiger charge is 2.39. The van der Waals surface area contributed by atoms with Crippen molar-refractivity contribution in [2.45, 2.75) is 24.3 Å². The number of nitrogens with zero attached hydrogens (tertiary/aromatic N) is 1. The molecule has 218 valence electrons. The first-order chi connectivity index (χ1) is 21.0. The largest absolute Gasteiger partial charge is 0.480 e. The Bertz CT molecular complexity index is 1480. The maximum Gasteiger partial charge on any atom is 0.420 e. The molecule has 0 saturated heterocycles. The minimum Gasteiger partial charge on any atom is -0.480 e. The molecule has 7 nitrogen and oxygen atoms in total. The topological polar surface area (TPSA) is 93.1 Å². The van der Waals surface area contributed by atoms with E-state index in [1.807, 2.05) is 103 Å². The van der Waals surface area contributed by atoms with Crippen LogP contribution in [0.2, 0.25) is 0 Å². The summed E-state index contributed by atoms with van der Waals surface area (Å²) in [4.78, 5) is 40.2. The van der Waals surface area contributed by atoms with Gasteiger partial charge in [0.25, 0.3) is 0 Å². The van der Waals surface area contributed by atoms with Crippen molar-refractivity contribution in [3.63, 3.8) is 0 Å². The predicted octanol–water partition coefficient (Wildman–Crippen LogP) is 7.39. The van der Waals surface area contributed by atoms with E-state index in [-0.39, 0.29) is 31.5 Å². The Morgan fingerprint density at radius 1 is 0.674 bits per heavy atom. The summed E-state index contributed by atoms with van der Waals surface area (Å²) in [5.41, 5.74) is 8.32. The quantitative estimate of drug-likeness (QED) is 0.216. The molecule has 0 fully saturated rings. The lowest BCUT2D eigenvalue weighted by Crippen LogP contribution is -2.50. The van der Waals surface area contributed by atoms with E-state index in [9.17, 15) is 19.5 Å². The molecule has 0 bridgehead atoms. The highest BCUT2D eigenvalue weighted by atomic mass is 32.2. The third-order valence-corrected chi connectivity index (χ3v) is 8.90. The first kappa shape index (κ1) is 28.6. The fourth-order valence-corrected chi connectivity index (χ4v) is 6.71. The van der Waals surface area contributed by atoms with Crippen molar-refractivity contribution in [1.82, 2.24) is 4.90 Å². The van der Waals surface area contributed by atoms with Crippen LogP contribution >= 0.6 is 11.8 Å². The Morgan fingerprint density at radius 2 is 1.02 bits per heavy atom. The lowest BCUT2D eigenvalue weighted by Gasteiger charge is -2.27. The van der Waals surface area contributed by atoms with E-state index in [4.69, 9.17) is 9.47 Å². The normalized spacial score (nSPS) is 13.8. The van der Waals surface area contributed by atoms with Crippen molar-refractivity contribution in [2.75, 3.05) is 25.2 Å². The van der Waals surface area contributed by atoms with E-state index < -0.39 is 24.2 Å². The summed E-state index contributed by atoms with van der Waals surface area (Å²) in [5, 5.41) is 10.1. The molecule has 6 rings (SSSR count). The average molecular weight is 594 g/mol. The van der Waals surface area contributed by atoms with Crippen LogP contribution in [0.3, 0.4) is 0 Å². The SMILES string of the molecule is CSCC[C@@H](C(=O)O)N(C(=O)OCC1c2ccccc2-c2ccccc21)C(=O)OCC1c2ccccc2-c2ccccc21. The van der Waals surface area contributed by atoms with Gasteiger partial charge in [-0.25, -0.2) is 14.4 Å². The minimum atomic E-state index is -1.43. The number of amides is 2. The Labute approximate surface area is 254 Å². The van der Waals surface area contributed by atoms with Crippen molar-refractivity contribution in [1.29, 1.82) is 0 Å². The number of carbonyl (C=O) groups excluding carboxylic acids is 2. The zero-order valence-electron chi connectivity index (χ0n) is 23.6. The average Bonchev–Trinajstić information content (AvgIpc) is 3.53. The van der Waals surface area contributed by atoms with E-state index in [0.29, 0.717) is 10.7 Å². The number of carboxylic acids is 1. The molecule has 0 radical (unpaired) electrons. The van der Waals surface area contributed by atoms with Crippen LogP contribution in [0.4, 0.5) is 9.59 Å². The number of thioether (sulfide) groups is 1. The van der Waals surface area contributed by atoms with Gasteiger partial charge in [0.1, 0.15) is 19.3 Å². The molecule has 1 atom stereocenters. The molecular formula is C35H31NO6S. The van der Waals surface area contributed by atoms with Crippen molar-refractivity contribution in [2.24, 2.45) is 0 Å². The van der Waals surface area contributed by atoms with Crippen molar-refractivity contribution in [3.8, 4) is 22.3 Å². The summed E-state index contributed by atoms with van der Waals surface area (Å²) in [7, 11) is 0. The molecule has 8 heteroatoms. The summed E-state index contributed by atoms with van der Waals surface area (Å²) < 4.78 is 11.5. The molecule has 43 heavy (non-hydrogen) atoms. The Kier molecular flexibility index (Phi) is 8.20. The molecule has 0 saturated carbocycles. The summed E-state index contributed by atoms with van der Waals surface area (Å²) in [5.74, 6) is -1.35. The van der Waals surface area contributed by atoms with Crippen LogP contribution in [0.1, 0.15) is 40.5 Å². The number of fused-ring (bicyclic) bond motifs is 6. The molecule has 4 aromatic carbocycles. The smallest absolute Gasteiger partial charge is 0.420 e. The van der Waals surface area contributed by atoms with E-state index >= 15 is 0 Å². The molecule has 4 aromatic rings. The Balaban J connectivity index is 1.23. The molecule has 0 aliphatic heterocycles. The highest BCUT2D eigenvalue weighted by Crippen LogP contribution is 2.45. The van der Waals surface area contributed by atoms with Gasteiger partial charge in [0, 0.05) is 11.8 Å². The molecule has 0 aromatic heterocycles. The van der Waals surface area contributed by atoms with Gasteiger partial charge in [-0.05, 0) is 62.9 Å². The first-order valence-electron chi connectivity index (χ1n) is 14.2. The standard InChI is InChI=1S/C35H31NO6S/c1-43-19-18-32(33(37)38)36(34(39)41-20-30-26-14-6-2-10-22(26)23-11-3-7-15-27(23)30)35(40)42-21-31-28-16-8-4-12-24(28)25-13-5-9-17-29(25)31/h2-17,30-32H,18-21H2,1H3,(H,37,38)/t32-/m0/s1. The van der Waals surface area contributed by atoms with Crippen molar-refractivity contribution in [3.05, 3.63) is 119 Å². The van der Waals surface area contributed by atoms with Crippen LogP contribution in [-0.2, 0) is 14.3 Å². The minimum absolute atomic E-state index is 0.0467. The number of benzene rings is 4. The second-order valence-corrected chi connectivity index (χ2v) is 11.6. The zero-order chi connectivity index (χ0) is 29.9. The Morgan fingerprint density at radius 3 is 1.35 bits per heavy atom. The van der Waals surface area contributed by atoms with Crippen LogP contribution in [0.15, 0.2) is 97.1 Å². The van der Waals surface area contributed by atoms with Crippen molar-refractivity contribution >= 4 is 29.9 Å². The molecule has 0 spiro atoms. The maximum atomic E-state index is 13.6. The number of hydrogen-bond acceptors (Lipinski definition) is 6. The number of imide groups is 1. The molecular weight excluding hydrogens is 562 g/mol. The van der Waals surface area contributed by atoms with Gasteiger partial charge < -0.3 is 14.6 Å². The maximum absolute atomic E-state index is 13.6. The third kappa shape index (κ3) is 5.39. The van der Waals surface area contributed by atoms with Gasteiger partial charge in [-0.15, -0.1) is 0 Å². The molecule has 2 amide bonds. The summed E-state index contributed by atoms with van der Waals surface area (Å²) in [6.45, 7) is -0.0935. The summed E-state index contributed by atoms with van der Waals surface area (Å²) >= 11 is 1.43. The van der Waals surface area contributed by atoms with Gasteiger partial charge in [0.05, 0.1) is 0 Å². The number of rotatable bonds is 9. The van der Waals surface area contributed by atoms with Gasteiger partial charge >= 0.3 is 18.2 Å². The molecule has 2 aliphatic rings. The number of carboxylic acid groups (broad SMARTS) is 1. The van der Waals surface area contributed by atoms with Gasteiger partial charge in [-0.2, -0.15) is 16.7 Å². The van der Waals surface area contributed by atoms with Gasteiger partial charge in [-0.1, -0.05) is 97.1 Å². The highest BCUT2D eigenvalue weighted by molar-refractivity contribution is 7.98. The fraction of sp³-hybridized carbons (Fsp3) is 0.229. The van der Waals surface area contributed by atoms with E-state index in [1.54, 1.807) is 0 Å². The number of aliphatic carboxylic acids is 1. The van der Waals surface area contributed by atoms with Gasteiger partial charge in [-0.3, -0.25) is 0 Å². The summed E-state index contributed by atoms with van der Waals surface area (Å²) in [6.07, 6.45) is -0.172. The number of hydrogen-bond donors (Lipinski definition) is 1. The van der Waals surface area contributed by atoms with Crippen LogP contribution in [0, 0.1) is 0 Å². The van der Waals surface area contributed by atoms with Crippen LogP contribution in [0.5, 0.6) is 0 Å². The van der Waals surface area contributed by atoms with Crippen LogP contribution < -0.4 is 0 Å². The summed E-state index contributed by atoms with van der Waals surface area (Å²) in [6, 6.07) is 30.3. The van der Waals surface area contributed by atoms with Crippen LogP contribution in [-0.4, -0.2) is 59.4 Å². The number of ether oxygens (including phenoxy) is 2. The van der Waals surface area contributed by atoms with E-state index in [1.165, 1.54) is 11.8 Å². The predicted molar refractivity (Wildman–Crippen MR) is 166 cm³/mol. The third-order valence-electron chi connectivity index (χ3n) is 8.26.